The summed E-state index contributed by atoms with van der Waals surface area (Å²) in [6, 6.07) is 12.9. The second-order valence-electron chi connectivity index (χ2n) is 6.99. The predicted molar refractivity (Wildman–Crippen MR) is 121 cm³/mol. The molecule has 0 aliphatic carbocycles. The lowest BCUT2D eigenvalue weighted by Crippen LogP contribution is -2.27. The summed E-state index contributed by atoms with van der Waals surface area (Å²) in [5.74, 6) is 0.553. The van der Waals surface area contributed by atoms with E-state index in [0.717, 1.165) is 23.7 Å². The first-order valence-electron chi connectivity index (χ1n) is 10.1. The molecule has 2 aromatic carbocycles. The maximum atomic E-state index is 12.4. The minimum absolute atomic E-state index is 0.146. The van der Waals surface area contributed by atoms with Gasteiger partial charge in [0.2, 0.25) is 0 Å². The van der Waals surface area contributed by atoms with Gasteiger partial charge < -0.3 is 15.4 Å². The highest BCUT2D eigenvalue weighted by Crippen LogP contribution is 2.30. The van der Waals surface area contributed by atoms with Crippen LogP contribution < -0.4 is 15.4 Å². The summed E-state index contributed by atoms with van der Waals surface area (Å²) < 4.78 is 6.48. The molecule has 0 saturated carbocycles. The summed E-state index contributed by atoms with van der Waals surface area (Å²) in [4.78, 5) is 24.7. The van der Waals surface area contributed by atoms with Gasteiger partial charge in [-0.3, -0.25) is 9.59 Å². The Labute approximate surface area is 181 Å². The minimum atomic E-state index is -0.322. The van der Waals surface area contributed by atoms with E-state index < -0.39 is 0 Å². The zero-order valence-electron chi connectivity index (χ0n) is 17.3. The number of ether oxygens (including phenoxy) is 1. The van der Waals surface area contributed by atoms with Gasteiger partial charge in [0.25, 0.3) is 11.8 Å². The molecule has 0 radical (unpaired) electrons. The fourth-order valence-electron chi connectivity index (χ4n) is 2.77. The topological polar surface area (TPSA) is 67.4 Å². The van der Waals surface area contributed by atoms with Gasteiger partial charge in [-0.2, -0.15) is 0 Å². The van der Waals surface area contributed by atoms with Crippen molar-refractivity contribution < 1.29 is 14.3 Å². The van der Waals surface area contributed by atoms with Gasteiger partial charge in [0.15, 0.2) is 6.61 Å². The second kappa shape index (κ2) is 11.6. The molecule has 0 aliphatic heterocycles. The third-order valence-corrected chi connectivity index (χ3v) is 5.38. The molecule has 0 heterocycles. The van der Waals surface area contributed by atoms with E-state index in [1.165, 1.54) is 5.56 Å². The number of para-hydroxylation sites is 1. The second-order valence-corrected chi connectivity index (χ2v) is 7.85. The molecule has 5 nitrogen and oxygen atoms in total. The average Bonchev–Trinajstić information content (AvgIpc) is 2.72. The van der Waals surface area contributed by atoms with Crippen LogP contribution in [0.2, 0.25) is 0 Å². The highest BCUT2D eigenvalue weighted by Gasteiger charge is 2.14. The van der Waals surface area contributed by atoms with Crippen molar-refractivity contribution in [1.82, 2.24) is 5.32 Å². The molecule has 6 heteroatoms. The van der Waals surface area contributed by atoms with Crippen molar-refractivity contribution in [3.8, 4) is 5.75 Å². The number of hydrogen-bond donors (Lipinski definition) is 2. The van der Waals surface area contributed by atoms with Crippen molar-refractivity contribution in [2.75, 3.05) is 18.5 Å². The Hall–Kier alpha value is -2.34. The third-order valence-electron chi connectivity index (χ3n) is 4.76. The molecule has 156 valence electrons. The summed E-state index contributed by atoms with van der Waals surface area (Å²) in [6.45, 7) is 6.85. The highest BCUT2D eigenvalue weighted by atomic mass is 79.9. The smallest absolute Gasteiger partial charge is 0.262 e. The van der Waals surface area contributed by atoms with Crippen LogP contribution in [0.25, 0.3) is 0 Å². The monoisotopic (exact) mass is 460 g/mol. The Morgan fingerprint density at radius 3 is 2.59 bits per heavy atom. The molecule has 2 N–H and O–H groups in total. The quantitative estimate of drug-likeness (QED) is 0.459. The molecular weight excluding hydrogens is 432 g/mol. The van der Waals surface area contributed by atoms with Crippen LogP contribution in [0.5, 0.6) is 5.75 Å². The molecule has 2 aromatic rings. The summed E-state index contributed by atoms with van der Waals surface area (Å²) in [5, 5.41) is 5.64. The van der Waals surface area contributed by atoms with Crippen molar-refractivity contribution in [2.45, 2.75) is 46.0 Å². The molecule has 0 fully saturated rings. The highest BCUT2D eigenvalue weighted by molar-refractivity contribution is 9.10. The molecule has 0 spiro atoms. The lowest BCUT2D eigenvalue weighted by Gasteiger charge is -2.14. The maximum Gasteiger partial charge on any atom is 0.262 e. The number of anilines is 1. The Balaban J connectivity index is 1.97. The van der Waals surface area contributed by atoms with Crippen LogP contribution in [0, 0.1) is 0 Å². The zero-order valence-corrected chi connectivity index (χ0v) is 18.8. The molecule has 2 amide bonds. The summed E-state index contributed by atoms with van der Waals surface area (Å²) in [6.07, 6.45) is 2.98. The van der Waals surface area contributed by atoms with Gasteiger partial charge >= 0.3 is 0 Å². The first-order chi connectivity index (χ1) is 14.0. The van der Waals surface area contributed by atoms with Crippen LogP contribution >= 0.6 is 15.9 Å². The van der Waals surface area contributed by atoms with Gasteiger partial charge in [-0.05, 0) is 64.5 Å². The summed E-state index contributed by atoms with van der Waals surface area (Å²) >= 11 is 3.51. The largest absolute Gasteiger partial charge is 0.483 e. The Morgan fingerprint density at radius 2 is 1.90 bits per heavy atom. The average molecular weight is 461 g/mol. The van der Waals surface area contributed by atoms with E-state index in [0.29, 0.717) is 29.5 Å². The number of carbonyl (C=O) groups excluding carboxylic acids is 2. The van der Waals surface area contributed by atoms with Crippen molar-refractivity contribution >= 4 is 33.4 Å². The lowest BCUT2D eigenvalue weighted by atomic mass is 9.99. The number of rotatable bonds is 10. The van der Waals surface area contributed by atoms with Gasteiger partial charge in [0, 0.05) is 6.54 Å². The van der Waals surface area contributed by atoms with Gasteiger partial charge in [-0.15, -0.1) is 0 Å². The molecular formula is C23H29BrN2O3. The van der Waals surface area contributed by atoms with Gasteiger partial charge in [0.05, 0.1) is 15.7 Å². The van der Waals surface area contributed by atoms with E-state index in [2.05, 4.69) is 47.3 Å². The number of benzene rings is 2. The number of amides is 2. The molecule has 1 atom stereocenters. The molecule has 1 unspecified atom stereocenters. The van der Waals surface area contributed by atoms with Crippen molar-refractivity contribution in [3.05, 3.63) is 58.1 Å². The van der Waals surface area contributed by atoms with E-state index in [-0.39, 0.29) is 18.4 Å². The molecule has 0 aromatic heterocycles. The van der Waals surface area contributed by atoms with Gasteiger partial charge in [-0.25, -0.2) is 0 Å². The van der Waals surface area contributed by atoms with Crippen LogP contribution in [0.4, 0.5) is 5.69 Å². The Bertz CT molecular complexity index is 839. The van der Waals surface area contributed by atoms with E-state index in [1.54, 1.807) is 24.3 Å². The van der Waals surface area contributed by atoms with E-state index in [9.17, 15) is 9.59 Å². The summed E-state index contributed by atoms with van der Waals surface area (Å²) in [7, 11) is 0. The SMILES string of the molecule is CCCCNC(=O)c1ccccc1NC(=O)COc1ccc(C(C)CC)cc1Br. The van der Waals surface area contributed by atoms with Crippen LogP contribution in [0.3, 0.4) is 0 Å². The van der Waals surface area contributed by atoms with Gasteiger partial charge in [-0.1, -0.05) is 45.4 Å². The Morgan fingerprint density at radius 1 is 1.14 bits per heavy atom. The number of unbranched alkanes of at least 4 members (excludes halogenated alkanes) is 1. The fourth-order valence-corrected chi connectivity index (χ4v) is 3.28. The minimum Gasteiger partial charge on any atom is -0.483 e. The van der Waals surface area contributed by atoms with E-state index in [1.807, 2.05) is 18.2 Å². The zero-order chi connectivity index (χ0) is 21.2. The molecule has 29 heavy (non-hydrogen) atoms. The fraction of sp³-hybridized carbons (Fsp3) is 0.391. The van der Waals surface area contributed by atoms with Crippen molar-refractivity contribution in [2.24, 2.45) is 0 Å². The van der Waals surface area contributed by atoms with E-state index in [4.69, 9.17) is 4.74 Å². The molecule has 0 aliphatic rings. The molecule has 0 bridgehead atoms. The standard InChI is InChI=1S/C23H29BrN2O3/c1-4-6-13-25-23(28)18-9-7-8-10-20(18)26-22(27)15-29-21-12-11-17(14-19(21)24)16(3)5-2/h7-12,14,16H,4-6,13,15H2,1-3H3,(H,25,28)(H,26,27). The Kier molecular flexibility index (Phi) is 9.19. The maximum absolute atomic E-state index is 12.4. The van der Waals surface area contributed by atoms with Crippen LogP contribution in [0.15, 0.2) is 46.9 Å². The first-order valence-corrected chi connectivity index (χ1v) is 10.8. The third kappa shape index (κ3) is 6.89. The normalized spacial score (nSPS) is 11.6. The van der Waals surface area contributed by atoms with E-state index >= 15 is 0 Å². The molecule has 2 rings (SSSR count). The van der Waals surface area contributed by atoms with Crippen LogP contribution in [-0.4, -0.2) is 25.0 Å². The van der Waals surface area contributed by atoms with Crippen molar-refractivity contribution in [3.63, 3.8) is 0 Å². The van der Waals surface area contributed by atoms with Crippen molar-refractivity contribution in [1.29, 1.82) is 0 Å². The number of nitrogens with one attached hydrogen (secondary N) is 2. The summed E-state index contributed by atoms with van der Waals surface area (Å²) in [5.41, 5.74) is 2.14. The first kappa shape index (κ1) is 22.9. The molecule has 0 saturated heterocycles. The van der Waals surface area contributed by atoms with Gasteiger partial charge in [0.1, 0.15) is 5.75 Å². The van der Waals surface area contributed by atoms with Crippen LogP contribution in [-0.2, 0) is 4.79 Å². The number of halogens is 1. The number of hydrogen-bond acceptors (Lipinski definition) is 3. The van der Waals surface area contributed by atoms with Crippen LogP contribution in [0.1, 0.15) is 61.9 Å². The number of carbonyl (C=O) groups is 2. The lowest BCUT2D eigenvalue weighted by molar-refractivity contribution is -0.118. The predicted octanol–water partition coefficient (Wildman–Crippen LogP) is 5.51.